The van der Waals surface area contributed by atoms with Crippen LogP contribution < -0.4 is 10.5 Å². The molecule has 1 atom stereocenters. The number of carbonyl (C=O) groups is 1. The highest BCUT2D eigenvalue weighted by atomic mass is 16.6. The molecule has 2 N–H and O–H groups in total. The minimum absolute atomic E-state index is 0.0469. The molecule has 1 saturated heterocycles. The van der Waals surface area contributed by atoms with Crippen LogP contribution in [0.1, 0.15) is 32.8 Å². The van der Waals surface area contributed by atoms with Gasteiger partial charge in [0.1, 0.15) is 18.0 Å². The highest BCUT2D eigenvalue weighted by Crippen LogP contribution is 2.23. The molecule has 1 fully saturated rings. The molecule has 1 aromatic heterocycles. The van der Waals surface area contributed by atoms with Crippen LogP contribution in [0.4, 0.5) is 4.79 Å². The van der Waals surface area contributed by atoms with Crippen LogP contribution in [0.5, 0.6) is 5.75 Å². The predicted molar refractivity (Wildman–Crippen MR) is 79.0 cm³/mol. The molecule has 6 nitrogen and oxygen atoms in total. The molecule has 1 aliphatic heterocycles. The maximum absolute atomic E-state index is 12.0. The van der Waals surface area contributed by atoms with Crippen molar-refractivity contribution in [3.05, 3.63) is 24.0 Å². The molecule has 0 aromatic carbocycles. The van der Waals surface area contributed by atoms with E-state index in [0.717, 1.165) is 12.0 Å². The zero-order valence-electron chi connectivity index (χ0n) is 12.8. The van der Waals surface area contributed by atoms with Gasteiger partial charge in [0.25, 0.3) is 0 Å². The van der Waals surface area contributed by atoms with Crippen molar-refractivity contribution < 1.29 is 14.3 Å². The van der Waals surface area contributed by atoms with E-state index in [-0.39, 0.29) is 12.1 Å². The average Bonchev–Trinajstić information content (AvgIpc) is 2.35. The maximum atomic E-state index is 12.0. The average molecular weight is 293 g/mol. The summed E-state index contributed by atoms with van der Waals surface area (Å²) in [6.07, 6.45) is 3.97. The van der Waals surface area contributed by atoms with Gasteiger partial charge in [0.2, 0.25) is 0 Å². The Morgan fingerprint density at radius 3 is 2.86 bits per heavy atom. The van der Waals surface area contributed by atoms with E-state index in [1.807, 2.05) is 26.8 Å². The lowest BCUT2D eigenvalue weighted by atomic mass is 10.1. The van der Waals surface area contributed by atoms with Crippen LogP contribution in [-0.4, -0.2) is 40.8 Å². The predicted octanol–water partition coefficient (Wildman–Crippen LogP) is 1.93. The first-order valence-electron chi connectivity index (χ1n) is 7.16. The van der Waals surface area contributed by atoms with Gasteiger partial charge in [0.05, 0.1) is 12.2 Å². The topological polar surface area (TPSA) is 77.7 Å². The Labute approximate surface area is 125 Å². The van der Waals surface area contributed by atoms with Crippen LogP contribution >= 0.6 is 0 Å². The highest BCUT2D eigenvalue weighted by molar-refractivity contribution is 5.69. The number of nitrogens with zero attached hydrogens (tertiary/aromatic N) is 2. The molecule has 2 rings (SSSR count). The molecule has 0 radical (unpaired) electrons. The largest absolute Gasteiger partial charge is 0.489 e. The second-order valence-corrected chi connectivity index (χ2v) is 6.11. The van der Waals surface area contributed by atoms with Crippen molar-refractivity contribution in [3.8, 4) is 5.75 Å². The zero-order valence-corrected chi connectivity index (χ0v) is 12.8. The van der Waals surface area contributed by atoms with Crippen molar-refractivity contribution in [2.24, 2.45) is 5.73 Å². The monoisotopic (exact) mass is 293 g/mol. The van der Waals surface area contributed by atoms with Crippen LogP contribution in [0.2, 0.25) is 0 Å². The fourth-order valence-corrected chi connectivity index (χ4v) is 2.07. The number of aromatic nitrogens is 1. The van der Waals surface area contributed by atoms with Crippen molar-refractivity contribution >= 4 is 6.09 Å². The van der Waals surface area contributed by atoms with Gasteiger partial charge in [-0.3, -0.25) is 4.98 Å². The van der Waals surface area contributed by atoms with Gasteiger partial charge in [-0.1, -0.05) is 0 Å². The van der Waals surface area contributed by atoms with Crippen LogP contribution in [0.15, 0.2) is 18.5 Å². The van der Waals surface area contributed by atoms with Gasteiger partial charge < -0.3 is 20.1 Å². The van der Waals surface area contributed by atoms with Crippen LogP contribution in [0.3, 0.4) is 0 Å². The lowest BCUT2D eigenvalue weighted by Crippen LogP contribution is -2.55. The lowest BCUT2D eigenvalue weighted by Gasteiger charge is -2.41. The zero-order chi connectivity index (χ0) is 15.5. The van der Waals surface area contributed by atoms with E-state index >= 15 is 0 Å². The third kappa shape index (κ3) is 4.07. The summed E-state index contributed by atoms with van der Waals surface area (Å²) in [6, 6.07) is 1.88. The fraction of sp³-hybridized carbons (Fsp3) is 0.600. The smallest absolute Gasteiger partial charge is 0.410 e. The van der Waals surface area contributed by atoms with Crippen molar-refractivity contribution in [2.45, 2.75) is 45.4 Å². The highest BCUT2D eigenvalue weighted by Gasteiger charge is 2.35. The van der Waals surface area contributed by atoms with Gasteiger partial charge in [-0.05, 0) is 33.3 Å². The number of ether oxygens (including phenoxy) is 2. The van der Waals surface area contributed by atoms with E-state index in [9.17, 15) is 4.79 Å². The third-order valence-corrected chi connectivity index (χ3v) is 3.29. The molecule has 0 bridgehead atoms. The van der Waals surface area contributed by atoms with Gasteiger partial charge in [-0.2, -0.15) is 0 Å². The summed E-state index contributed by atoms with van der Waals surface area (Å²) < 4.78 is 11.1. The Hall–Kier alpha value is -1.82. The molecule has 0 spiro atoms. The number of hydrogen-bond donors (Lipinski definition) is 1. The van der Waals surface area contributed by atoms with E-state index in [1.165, 1.54) is 0 Å². The minimum Gasteiger partial charge on any atom is -0.489 e. The van der Waals surface area contributed by atoms with E-state index in [1.54, 1.807) is 17.3 Å². The van der Waals surface area contributed by atoms with Gasteiger partial charge >= 0.3 is 6.09 Å². The minimum atomic E-state index is -0.478. The molecule has 6 heteroatoms. The second kappa shape index (κ2) is 6.30. The molecular formula is C15H23N3O3. The summed E-state index contributed by atoms with van der Waals surface area (Å²) in [5, 5.41) is 0. The first-order chi connectivity index (χ1) is 9.90. The Morgan fingerprint density at radius 2 is 2.29 bits per heavy atom. The van der Waals surface area contributed by atoms with E-state index in [4.69, 9.17) is 15.2 Å². The number of rotatable bonds is 4. The Bertz CT molecular complexity index is 499. The molecule has 1 amide bonds. The summed E-state index contributed by atoms with van der Waals surface area (Å²) in [6.45, 7) is 7.12. The van der Waals surface area contributed by atoms with Gasteiger partial charge in [-0.15, -0.1) is 0 Å². The first-order valence-corrected chi connectivity index (χ1v) is 7.16. The molecule has 116 valence electrons. The Kier molecular flexibility index (Phi) is 4.67. The van der Waals surface area contributed by atoms with Gasteiger partial charge in [0.15, 0.2) is 0 Å². The summed E-state index contributed by atoms with van der Waals surface area (Å²) >= 11 is 0. The molecule has 2 heterocycles. The number of pyridine rings is 1. The molecule has 21 heavy (non-hydrogen) atoms. The SMILES string of the molecule is CC(C)(C)OC(=O)N1CC[C@H]1COc1cnccc1CN. The summed E-state index contributed by atoms with van der Waals surface area (Å²) in [7, 11) is 0. The van der Waals surface area contributed by atoms with E-state index in [0.29, 0.717) is 25.4 Å². The molecular weight excluding hydrogens is 270 g/mol. The summed E-state index contributed by atoms with van der Waals surface area (Å²) in [4.78, 5) is 17.7. The van der Waals surface area contributed by atoms with Crippen molar-refractivity contribution in [2.75, 3.05) is 13.2 Å². The van der Waals surface area contributed by atoms with Crippen LogP contribution in [0, 0.1) is 0 Å². The molecule has 0 unspecified atom stereocenters. The first kappa shape index (κ1) is 15.6. The normalized spacial score (nSPS) is 18.1. The molecule has 1 aliphatic rings. The third-order valence-electron chi connectivity index (χ3n) is 3.29. The van der Waals surface area contributed by atoms with Crippen molar-refractivity contribution in [1.82, 2.24) is 9.88 Å². The van der Waals surface area contributed by atoms with E-state index in [2.05, 4.69) is 4.98 Å². The quantitative estimate of drug-likeness (QED) is 0.917. The number of hydrogen-bond acceptors (Lipinski definition) is 5. The number of carbonyl (C=O) groups excluding carboxylic acids is 1. The van der Waals surface area contributed by atoms with Crippen molar-refractivity contribution in [1.29, 1.82) is 0 Å². The fourth-order valence-electron chi connectivity index (χ4n) is 2.07. The number of amides is 1. The summed E-state index contributed by atoms with van der Waals surface area (Å²) in [5.74, 6) is 0.677. The molecule has 0 aliphatic carbocycles. The lowest BCUT2D eigenvalue weighted by molar-refractivity contribution is -0.0142. The second-order valence-electron chi connectivity index (χ2n) is 6.11. The Morgan fingerprint density at radius 1 is 1.52 bits per heavy atom. The maximum Gasteiger partial charge on any atom is 0.410 e. The Balaban J connectivity index is 1.88. The van der Waals surface area contributed by atoms with Gasteiger partial charge in [-0.25, -0.2) is 4.79 Å². The van der Waals surface area contributed by atoms with E-state index < -0.39 is 5.60 Å². The molecule has 0 saturated carbocycles. The van der Waals surface area contributed by atoms with Gasteiger partial charge in [0, 0.05) is 24.8 Å². The van der Waals surface area contributed by atoms with Crippen LogP contribution in [-0.2, 0) is 11.3 Å². The van der Waals surface area contributed by atoms with Crippen molar-refractivity contribution in [3.63, 3.8) is 0 Å². The number of nitrogens with two attached hydrogens (primary N) is 1. The van der Waals surface area contributed by atoms with Crippen LogP contribution in [0.25, 0.3) is 0 Å². The summed E-state index contributed by atoms with van der Waals surface area (Å²) in [5.41, 5.74) is 6.09. The molecule has 1 aromatic rings. The number of likely N-dealkylation sites (tertiary alicyclic amines) is 1. The standard InChI is InChI=1S/C15H23N3O3/c1-15(2,3)21-14(19)18-7-5-12(18)10-20-13-9-17-6-4-11(13)8-16/h4,6,9,12H,5,7-8,10,16H2,1-3H3/t12-/m0/s1.